The molecule has 0 aromatic heterocycles. The lowest BCUT2D eigenvalue weighted by molar-refractivity contribution is 1.43. The molecule has 37 valence electrons. The SMILES string of the molecule is CC#CC[B]CC. The predicted octanol–water partition coefficient (Wildman–Crippen LogP) is 1.57. The Morgan fingerprint density at radius 3 is 2.71 bits per heavy atom. The fourth-order valence-corrected chi connectivity index (χ4v) is 0.319. The van der Waals surface area contributed by atoms with Gasteiger partial charge in [-0.3, -0.25) is 0 Å². The smallest absolute Gasteiger partial charge is 0.112 e. The second kappa shape index (κ2) is 5.62. The Balaban J connectivity index is 2.78. The van der Waals surface area contributed by atoms with Gasteiger partial charge in [0.1, 0.15) is 7.28 Å². The largest absolute Gasteiger partial charge is 0.125 e. The van der Waals surface area contributed by atoms with Gasteiger partial charge in [-0.05, 0) is 13.2 Å². The van der Waals surface area contributed by atoms with Crippen molar-refractivity contribution in [3.8, 4) is 11.8 Å². The highest BCUT2D eigenvalue weighted by molar-refractivity contribution is 6.36. The van der Waals surface area contributed by atoms with Gasteiger partial charge in [-0.25, -0.2) is 0 Å². The highest BCUT2D eigenvalue weighted by Crippen LogP contribution is 1.78. The first-order chi connectivity index (χ1) is 3.41. The summed E-state index contributed by atoms with van der Waals surface area (Å²) < 4.78 is 0. The zero-order valence-corrected chi connectivity index (χ0v) is 4.99. The van der Waals surface area contributed by atoms with E-state index in [1.807, 2.05) is 6.92 Å². The van der Waals surface area contributed by atoms with E-state index in [0.717, 1.165) is 12.6 Å². The maximum Gasteiger partial charge on any atom is 0.125 e. The predicted molar refractivity (Wildman–Crippen MR) is 34.5 cm³/mol. The Morgan fingerprint density at radius 2 is 2.29 bits per heavy atom. The molecular weight excluding hydrogens is 82.9 g/mol. The third kappa shape index (κ3) is 5.62. The third-order valence-corrected chi connectivity index (χ3v) is 0.712. The van der Waals surface area contributed by atoms with Crippen LogP contribution in [0.1, 0.15) is 13.8 Å². The van der Waals surface area contributed by atoms with Crippen LogP contribution in [0.15, 0.2) is 0 Å². The summed E-state index contributed by atoms with van der Waals surface area (Å²) >= 11 is 0. The molecule has 0 fully saturated rings. The van der Waals surface area contributed by atoms with Gasteiger partial charge in [-0.15, -0.1) is 11.8 Å². The lowest BCUT2D eigenvalue weighted by Gasteiger charge is -1.77. The Labute approximate surface area is 46.6 Å². The first-order valence-corrected chi connectivity index (χ1v) is 2.63. The summed E-state index contributed by atoms with van der Waals surface area (Å²) in [4.78, 5) is 0. The van der Waals surface area contributed by atoms with E-state index < -0.39 is 0 Å². The molecule has 0 saturated heterocycles. The molecule has 0 nitrogen and oxygen atoms in total. The molecule has 0 saturated carbocycles. The monoisotopic (exact) mass is 93.1 g/mol. The summed E-state index contributed by atoms with van der Waals surface area (Å²) in [5, 5.41) is 0. The van der Waals surface area contributed by atoms with Gasteiger partial charge >= 0.3 is 0 Å². The molecule has 0 heterocycles. The van der Waals surface area contributed by atoms with Crippen LogP contribution in [0.3, 0.4) is 0 Å². The van der Waals surface area contributed by atoms with E-state index in [4.69, 9.17) is 0 Å². The second-order valence-electron chi connectivity index (χ2n) is 1.33. The average molecular weight is 93.0 g/mol. The summed E-state index contributed by atoms with van der Waals surface area (Å²) in [5.41, 5.74) is 0. The molecule has 0 spiro atoms. The Hall–Kier alpha value is -0.375. The molecule has 0 aliphatic rings. The molecule has 0 bridgehead atoms. The van der Waals surface area contributed by atoms with Crippen molar-refractivity contribution in [3.63, 3.8) is 0 Å². The zero-order chi connectivity index (χ0) is 5.54. The van der Waals surface area contributed by atoms with Gasteiger partial charge in [0.05, 0.1) is 0 Å². The molecular formula is C6H10B. The molecule has 0 aromatic carbocycles. The summed E-state index contributed by atoms with van der Waals surface area (Å²) in [6.07, 6.45) is 2.08. The quantitative estimate of drug-likeness (QED) is 0.276. The topological polar surface area (TPSA) is 0 Å². The van der Waals surface area contributed by atoms with Crippen molar-refractivity contribution in [2.75, 3.05) is 0 Å². The fourth-order valence-electron chi connectivity index (χ4n) is 0.319. The second-order valence-corrected chi connectivity index (χ2v) is 1.33. The molecule has 7 heavy (non-hydrogen) atoms. The lowest BCUT2D eigenvalue weighted by atomic mass is 9.72. The molecule has 0 rings (SSSR count). The van der Waals surface area contributed by atoms with Crippen molar-refractivity contribution in [1.82, 2.24) is 0 Å². The van der Waals surface area contributed by atoms with Crippen molar-refractivity contribution in [3.05, 3.63) is 0 Å². The summed E-state index contributed by atoms with van der Waals surface area (Å²) in [6.45, 7) is 3.99. The molecule has 0 aliphatic heterocycles. The van der Waals surface area contributed by atoms with Crippen LogP contribution in [0.25, 0.3) is 0 Å². The molecule has 0 N–H and O–H groups in total. The molecule has 0 aliphatic carbocycles. The first kappa shape index (κ1) is 6.62. The van der Waals surface area contributed by atoms with Crippen LogP contribution in [-0.4, -0.2) is 7.28 Å². The maximum atomic E-state index is 2.94. The van der Waals surface area contributed by atoms with Crippen LogP contribution in [0.4, 0.5) is 0 Å². The van der Waals surface area contributed by atoms with E-state index in [1.165, 1.54) is 0 Å². The Kier molecular flexibility index (Phi) is 5.32. The van der Waals surface area contributed by atoms with Crippen LogP contribution >= 0.6 is 0 Å². The van der Waals surface area contributed by atoms with Gasteiger partial charge in [0.2, 0.25) is 0 Å². The highest BCUT2D eigenvalue weighted by atomic mass is 13.5. The van der Waals surface area contributed by atoms with Crippen molar-refractivity contribution >= 4 is 7.28 Å². The fraction of sp³-hybridized carbons (Fsp3) is 0.667. The number of hydrogen-bond donors (Lipinski definition) is 0. The van der Waals surface area contributed by atoms with E-state index in [0.29, 0.717) is 0 Å². The van der Waals surface area contributed by atoms with Gasteiger partial charge < -0.3 is 0 Å². The molecule has 0 aromatic rings. The van der Waals surface area contributed by atoms with Crippen LogP contribution in [0, 0.1) is 11.8 Å². The number of hydrogen-bond acceptors (Lipinski definition) is 0. The molecule has 1 radical (unpaired) electrons. The van der Waals surface area contributed by atoms with Crippen LogP contribution < -0.4 is 0 Å². The molecule has 1 heteroatoms. The first-order valence-electron chi connectivity index (χ1n) is 2.63. The summed E-state index contributed by atoms with van der Waals surface area (Å²) in [7, 11) is 2.16. The number of rotatable bonds is 2. The summed E-state index contributed by atoms with van der Waals surface area (Å²) in [5.74, 6) is 5.76. The van der Waals surface area contributed by atoms with Gasteiger partial charge in [-0.1, -0.05) is 13.2 Å². The average Bonchev–Trinajstić information content (AvgIpc) is 1.69. The van der Waals surface area contributed by atoms with Crippen molar-refractivity contribution in [1.29, 1.82) is 0 Å². The highest BCUT2D eigenvalue weighted by Gasteiger charge is 1.76. The third-order valence-electron chi connectivity index (χ3n) is 0.712. The van der Waals surface area contributed by atoms with Gasteiger partial charge in [0.15, 0.2) is 0 Å². The van der Waals surface area contributed by atoms with Crippen LogP contribution in [0.2, 0.25) is 12.6 Å². The van der Waals surface area contributed by atoms with Gasteiger partial charge in [-0.2, -0.15) is 0 Å². The van der Waals surface area contributed by atoms with E-state index in [2.05, 4.69) is 26.0 Å². The van der Waals surface area contributed by atoms with Gasteiger partial charge in [0, 0.05) is 0 Å². The van der Waals surface area contributed by atoms with Crippen molar-refractivity contribution < 1.29 is 0 Å². The normalized spacial score (nSPS) is 6.57. The van der Waals surface area contributed by atoms with Crippen LogP contribution in [-0.2, 0) is 0 Å². The van der Waals surface area contributed by atoms with E-state index in [9.17, 15) is 0 Å². The lowest BCUT2D eigenvalue weighted by Crippen LogP contribution is -1.79. The zero-order valence-electron chi connectivity index (χ0n) is 4.99. The Bertz CT molecular complexity index is 75.9. The molecule has 0 unspecified atom stereocenters. The standard InChI is InChI=1S/C6H10B/c1-3-5-6-7-4-2/h4,6H2,1-2H3. The summed E-state index contributed by atoms with van der Waals surface area (Å²) in [6, 6.07) is 0. The van der Waals surface area contributed by atoms with E-state index in [1.54, 1.807) is 0 Å². The Morgan fingerprint density at radius 1 is 1.57 bits per heavy atom. The minimum absolute atomic E-state index is 0.951. The van der Waals surface area contributed by atoms with Gasteiger partial charge in [0.25, 0.3) is 0 Å². The van der Waals surface area contributed by atoms with Crippen molar-refractivity contribution in [2.24, 2.45) is 0 Å². The molecule has 0 atom stereocenters. The van der Waals surface area contributed by atoms with Crippen LogP contribution in [0.5, 0.6) is 0 Å². The minimum atomic E-state index is 0.951. The van der Waals surface area contributed by atoms with E-state index in [-0.39, 0.29) is 0 Å². The maximum absolute atomic E-state index is 2.94. The molecule has 0 amide bonds. The van der Waals surface area contributed by atoms with Crippen molar-refractivity contribution in [2.45, 2.75) is 26.5 Å². The van der Waals surface area contributed by atoms with E-state index >= 15 is 0 Å². The minimum Gasteiger partial charge on any atom is -0.112 e.